The number of carbonyl (C=O) groups excluding carboxylic acids is 1. The van der Waals surface area contributed by atoms with E-state index in [1.54, 1.807) is 28.8 Å². The average Bonchev–Trinajstić information content (AvgIpc) is 3.26. The summed E-state index contributed by atoms with van der Waals surface area (Å²) in [5, 5.41) is 28.8. The smallest absolute Gasteiger partial charge is 0.255 e. The van der Waals surface area contributed by atoms with Crippen LogP contribution >= 0.6 is 0 Å². The molecule has 0 saturated carbocycles. The van der Waals surface area contributed by atoms with E-state index in [1.807, 2.05) is 6.07 Å². The van der Waals surface area contributed by atoms with Gasteiger partial charge in [-0.1, -0.05) is 0 Å². The molecule has 1 aliphatic rings. The molecule has 35 heavy (non-hydrogen) atoms. The molecular formula is C24H26F2N6O3. The Morgan fingerprint density at radius 2 is 2.20 bits per heavy atom. The van der Waals surface area contributed by atoms with Crippen molar-refractivity contribution in [3.05, 3.63) is 47.8 Å². The molecule has 0 unspecified atom stereocenters. The van der Waals surface area contributed by atoms with Crippen LogP contribution in [-0.2, 0) is 4.74 Å². The molecule has 4 heterocycles. The zero-order valence-electron chi connectivity index (χ0n) is 19.3. The first-order valence-electron chi connectivity index (χ1n) is 11.2. The summed E-state index contributed by atoms with van der Waals surface area (Å²) in [5.74, 6) is -0.613. The van der Waals surface area contributed by atoms with E-state index in [0.29, 0.717) is 41.2 Å². The third kappa shape index (κ3) is 5.39. The van der Waals surface area contributed by atoms with E-state index in [-0.39, 0.29) is 12.2 Å². The predicted molar refractivity (Wildman–Crippen MR) is 124 cm³/mol. The normalized spacial score (nSPS) is 19.2. The first-order valence-corrected chi connectivity index (χ1v) is 11.2. The van der Waals surface area contributed by atoms with Gasteiger partial charge in [0.2, 0.25) is 0 Å². The van der Waals surface area contributed by atoms with Crippen LogP contribution in [0.5, 0.6) is 0 Å². The van der Waals surface area contributed by atoms with Gasteiger partial charge in [0.05, 0.1) is 64.7 Å². The predicted octanol–water partition coefficient (Wildman–Crippen LogP) is 2.65. The lowest BCUT2D eigenvalue weighted by Crippen LogP contribution is -2.42. The number of nitrogens with zero attached hydrogens (tertiary/aromatic N) is 4. The third-order valence-corrected chi connectivity index (χ3v) is 5.88. The first-order chi connectivity index (χ1) is 16.7. The highest BCUT2D eigenvalue weighted by molar-refractivity contribution is 6.00. The molecule has 1 amide bonds. The van der Waals surface area contributed by atoms with Crippen molar-refractivity contribution in [2.45, 2.75) is 44.3 Å². The molecule has 3 aromatic heterocycles. The van der Waals surface area contributed by atoms with Gasteiger partial charge >= 0.3 is 0 Å². The fourth-order valence-corrected chi connectivity index (χ4v) is 3.74. The van der Waals surface area contributed by atoms with Gasteiger partial charge in [-0.3, -0.25) is 9.78 Å². The Balaban J connectivity index is 1.67. The molecule has 11 heteroatoms. The maximum atomic E-state index is 14.5. The van der Waals surface area contributed by atoms with Gasteiger partial charge in [-0.15, -0.1) is 0 Å². The van der Waals surface area contributed by atoms with Gasteiger partial charge in [-0.2, -0.15) is 10.4 Å². The standard InChI is InChI=1S/C24H26F2N6O3/c1-24(2,34)22(26)12-29-23(33)16-11-28-20(8-19(16)31-18-5-6-35-13-17(18)25)21-4-3-15-7-14(9-27)10-30-32(15)21/h3-4,7-8,10-11,17-18,22,34H,5-6,12-13H2,1-2H3,(H,28,31)(H,29,33)/t17-,18+,22+/m0/s1. The molecule has 184 valence electrons. The SMILES string of the molecule is CC(C)(O)[C@H](F)CNC(=O)c1cnc(-c2ccc3cc(C#N)cnn23)cc1N[C@@H]1CCOC[C@@H]1F. The Kier molecular flexibility index (Phi) is 6.95. The van der Waals surface area contributed by atoms with Crippen LogP contribution in [0.3, 0.4) is 0 Å². The summed E-state index contributed by atoms with van der Waals surface area (Å²) >= 11 is 0. The van der Waals surface area contributed by atoms with Crippen molar-refractivity contribution >= 4 is 17.1 Å². The Hall–Kier alpha value is -3.62. The summed E-state index contributed by atoms with van der Waals surface area (Å²) in [4.78, 5) is 17.3. The summed E-state index contributed by atoms with van der Waals surface area (Å²) < 4.78 is 35.4. The molecular weight excluding hydrogens is 458 g/mol. The number of hydrogen-bond acceptors (Lipinski definition) is 7. The van der Waals surface area contributed by atoms with Crippen LogP contribution in [-0.4, -0.2) is 69.4 Å². The second-order valence-corrected chi connectivity index (χ2v) is 8.99. The number of aromatic nitrogens is 3. The number of alkyl halides is 2. The van der Waals surface area contributed by atoms with Crippen LogP contribution < -0.4 is 10.6 Å². The van der Waals surface area contributed by atoms with E-state index in [1.165, 1.54) is 26.2 Å². The van der Waals surface area contributed by atoms with Crippen LogP contribution in [0.25, 0.3) is 16.9 Å². The van der Waals surface area contributed by atoms with Gasteiger partial charge in [0.25, 0.3) is 5.91 Å². The quantitative estimate of drug-likeness (QED) is 0.471. The first kappa shape index (κ1) is 24.5. The molecule has 0 aliphatic carbocycles. The fourth-order valence-electron chi connectivity index (χ4n) is 3.74. The Labute approximate surface area is 200 Å². The number of aliphatic hydroxyl groups is 1. The second-order valence-electron chi connectivity index (χ2n) is 8.99. The maximum absolute atomic E-state index is 14.5. The van der Waals surface area contributed by atoms with Crippen LogP contribution in [0.1, 0.15) is 36.2 Å². The van der Waals surface area contributed by atoms with E-state index in [2.05, 4.69) is 20.7 Å². The summed E-state index contributed by atoms with van der Waals surface area (Å²) in [6, 6.07) is 8.31. The molecule has 0 bridgehead atoms. The molecule has 1 fully saturated rings. The van der Waals surface area contributed by atoms with E-state index in [4.69, 9.17) is 10.00 Å². The summed E-state index contributed by atoms with van der Waals surface area (Å²) in [5.41, 5.74) is 0.980. The highest BCUT2D eigenvalue weighted by Crippen LogP contribution is 2.27. The molecule has 3 N–H and O–H groups in total. The van der Waals surface area contributed by atoms with Gasteiger partial charge in [0.15, 0.2) is 0 Å². The van der Waals surface area contributed by atoms with E-state index >= 15 is 0 Å². The van der Waals surface area contributed by atoms with Crippen molar-refractivity contribution in [3.63, 3.8) is 0 Å². The van der Waals surface area contributed by atoms with Crippen molar-refractivity contribution in [2.24, 2.45) is 0 Å². The van der Waals surface area contributed by atoms with E-state index in [0.717, 1.165) is 0 Å². The Bertz CT molecular complexity index is 1270. The largest absolute Gasteiger partial charge is 0.387 e. The number of rotatable bonds is 7. The lowest BCUT2D eigenvalue weighted by atomic mass is 10.0. The monoisotopic (exact) mass is 484 g/mol. The van der Waals surface area contributed by atoms with Crippen LogP contribution in [0.4, 0.5) is 14.5 Å². The minimum Gasteiger partial charge on any atom is -0.387 e. The van der Waals surface area contributed by atoms with E-state index in [9.17, 15) is 18.7 Å². The molecule has 0 spiro atoms. The number of amides is 1. The molecule has 4 rings (SSSR count). The Morgan fingerprint density at radius 3 is 2.91 bits per heavy atom. The van der Waals surface area contributed by atoms with Crippen LogP contribution in [0.15, 0.2) is 36.7 Å². The zero-order chi connectivity index (χ0) is 25.2. The number of nitrogens with one attached hydrogen (secondary N) is 2. The second kappa shape index (κ2) is 9.93. The molecule has 0 aromatic carbocycles. The fraction of sp³-hybridized carbons (Fsp3) is 0.417. The summed E-state index contributed by atoms with van der Waals surface area (Å²) in [6.45, 7) is 2.55. The highest BCUT2D eigenvalue weighted by atomic mass is 19.1. The molecule has 1 saturated heterocycles. The van der Waals surface area contributed by atoms with Gasteiger partial charge in [-0.05, 0) is 44.5 Å². The highest BCUT2D eigenvalue weighted by Gasteiger charge is 2.29. The molecule has 3 atom stereocenters. The van der Waals surface area contributed by atoms with Gasteiger partial charge in [0, 0.05) is 12.8 Å². The minimum absolute atomic E-state index is 0.0548. The summed E-state index contributed by atoms with van der Waals surface area (Å²) in [7, 11) is 0. The van der Waals surface area contributed by atoms with Crippen LogP contribution in [0, 0.1) is 11.3 Å². The lowest BCUT2D eigenvalue weighted by molar-refractivity contribution is -0.00177. The zero-order valence-corrected chi connectivity index (χ0v) is 19.3. The van der Waals surface area contributed by atoms with Gasteiger partial charge in [0.1, 0.15) is 18.4 Å². The Morgan fingerprint density at radius 1 is 1.40 bits per heavy atom. The number of halogens is 2. The van der Waals surface area contributed by atoms with Crippen molar-refractivity contribution in [1.82, 2.24) is 19.9 Å². The third-order valence-electron chi connectivity index (χ3n) is 5.88. The number of carbonyl (C=O) groups is 1. The minimum atomic E-state index is -1.68. The van der Waals surface area contributed by atoms with E-state index < -0.39 is 36.4 Å². The molecule has 3 aromatic rings. The molecule has 1 aliphatic heterocycles. The lowest BCUT2D eigenvalue weighted by Gasteiger charge is -2.28. The number of anilines is 1. The number of pyridine rings is 1. The number of fused-ring (bicyclic) bond motifs is 1. The summed E-state index contributed by atoms with van der Waals surface area (Å²) in [6.07, 6.45) is 0.208. The van der Waals surface area contributed by atoms with Crippen molar-refractivity contribution in [1.29, 1.82) is 5.26 Å². The van der Waals surface area contributed by atoms with Crippen molar-refractivity contribution in [2.75, 3.05) is 25.1 Å². The maximum Gasteiger partial charge on any atom is 0.255 e. The average molecular weight is 485 g/mol. The van der Waals surface area contributed by atoms with Gasteiger partial charge < -0.3 is 20.5 Å². The topological polar surface area (TPSA) is 125 Å². The molecule has 9 nitrogen and oxygen atoms in total. The van der Waals surface area contributed by atoms with Crippen LogP contribution in [0.2, 0.25) is 0 Å². The number of ether oxygens (including phenoxy) is 1. The van der Waals surface area contributed by atoms with Gasteiger partial charge in [-0.25, -0.2) is 13.3 Å². The number of nitriles is 1. The number of hydrogen-bond donors (Lipinski definition) is 3. The molecule has 0 radical (unpaired) electrons. The van der Waals surface area contributed by atoms with Crippen molar-refractivity contribution < 1.29 is 23.4 Å². The van der Waals surface area contributed by atoms with Crippen molar-refractivity contribution in [3.8, 4) is 17.5 Å².